The third-order valence-electron chi connectivity index (χ3n) is 3.57. The molecule has 0 radical (unpaired) electrons. The number of nitrogens with one attached hydrogen (secondary N) is 2. The second-order valence-electron chi connectivity index (χ2n) is 5.38. The van der Waals surface area contributed by atoms with Gasteiger partial charge in [-0.1, -0.05) is 6.92 Å². The summed E-state index contributed by atoms with van der Waals surface area (Å²) in [5, 5.41) is 3.26. The summed E-state index contributed by atoms with van der Waals surface area (Å²) < 4.78 is 33.7. The summed E-state index contributed by atoms with van der Waals surface area (Å²) in [7, 11) is -3.52. The van der Waals surface area contributed by atoms with Gasteiger partial charge in [0.2, 0.25) is 10.0 Å². The molecule has 2 rings (SSSR count). The van der Waals surface area contributed by atoms with Gasteiger partial charge in [-0.05, 0) is 39.0 Å². The van der Waals surface area contributed by atoms with Crippen molar-refractivity contribution in [3.63, 3.8) is 0 Å². The summed E-state index contributed by atoms with van der Waals surface area (Å²) in [5.41, 5.74) is 0.749. The Morgan fingerprint density at radius 2 is 2.10 bits per heavy atom. The van der Waals surface area contributed by atoms with Crippen LogP contribution in [-0.2, 0) is 16.6 Å². The minimum atomic E-state index is -3.52. The maximum Gasteiger partial charge on any atom is 0.244 e. The highest BCUT2D eigenvalue weighted by Gasteiger charge is 2.30. The Hall–Kier alpha value is -0.500. The van der Waals surface area contributed by atoms with E-state index >= 15 is 0 Å². The van der Waals surface area contributed by atoms with Crippen LogP contribution in [0, 0.1) is 13.8 Å². The summed E-state index contributed by atoms with van der Waals surface area (Å²) in [4.78, 5) is 0.320. The van der Waals surface area contributed by atoms with Gasteiger partial charge >= 0.3 is 0 Å². The Bertz CT molecular complexity index is 575. The van der Waals surface area contributed by atoms with Gasteiger partial charge in [0, 0.05) is 23.9 Å². The molecular formula is C14H24N2O3S2. The van der Waals surface area contributed by atoms with Gasteiger partial charge in [0.1, 0.15) is 16.4 Å². The molecule has 2 heterocycles. The fourth-order valence-electron chi connectivity index (χ4n) is 2.56. The summed E-state index contributed by atoms with van der Waals surface area (Å²) in [6.45, 7) is 6.99. The molecule has 0 spiro atoms. The Morgan fingerprint density at radius 1 is 1.33 bits per heavy atom. The Morgan fingerprint density at radius 3 is 2.71 bits per heavy atom. The third kappa shape index (κ3) is 4.03. The smallest absolute Gasteiger partial charge is 0.244 e. The molecule has 0 amide bonds. The van der Waals surface area contributed by atoms with Crippen molar-refractivity contribution in [1.29, 1.82) is 0 Å². The minimum absolute atomic E-state index is 0.0334. The van der Waals surface area contributed by atoms with Crippen LogP contribution >= 0.6 is 11.8 Å². The zero-order valence-corrected chi connectivity index (χ0v) is 14.5. The van der Waals surface area contributed by atoms with E-state index in [-0.39, 0.29) is 6.04 Å². The summed E-state index contributed by atoms with van der Waals surface area (Å²) in [6.07, 6.45) is 1.90. The summed E-state index contributed by atoms with van der Waals surface area (Å²) in [5.74, 6) is 3.01. The quantitative estimate of drug-likeness (QED) is 0.749. The highest BCUT2D eigenvalue weighted by Crippen LogP contribution is 2.28. The van der Waals surface area contributed by atoms with Gasteiger partial charge in [-0.25, -0.2) is 13.1 Å². The van der Waals surface area contributed by atoms with Gasteiger partial charge < -0.3 is 9.73 Å². The predicted octanol–water partition coefficient (Wildman–Crippen LogP) is 2.18. The molecule has 0 aliphatic carbocycles. The van der Waals surface area contributed by atoms with E-state index in [2.05, 4.69) is 17.0 Å². The topological polar surface area (TPSA) is 71.3 Å². The predicted molar refractivity (Wildman–Crippen MR) is 86.2 cm³/mol. The standard InChI is InChI=1S/C14H24N2O3S2/c1-4-6-15-8-13-10(2)19-11(3)14(13)21(17,18)16-12-5-7-20-9-12/h12,15-16H,4-9H2,1-3H3. The lowest BCUT2D eigenvalue weighted by Crippen LogP contribution is -2.35. The molecular weight excluding hydrogens is 308 g/mol. The van der Waals surface area contributed by atoms with Gasteiger partial charge in [-0.2, -0.15) is 11.8 Å². The Labute approximate surface area is 131 Å². The summed E-state index contributed by atoms with van der Waals surface area (Å²) in [6, 6.07) is 0.0334. The van der Waals surface area contributed by atoms with Crippen LogP contribution in [0.5, 0.6) is 0 Å². The maximum absolute atomic E-state index is 12.7. The molecule has 0 aromatic carbocycles. The van der Waals surface area contributed by atoms with E-state index in [4.69, 9.17) is 4.42 Å². The van der Waals surface area contributed by atoms with Crippen LogP contribution in [0.1, 0.15) is 36.8 Å². The van der Waals surface area contributed by atoms with Crippen molar-refractivity contribution in [1.82, 2.24) is 10.0 Å². The van der Waals surface area contributed by atoms with E-state index < -0.39 is 10.0 Å². The van der Waals surface area contributed by atoms with Crippen LogP contribution < -0.4 is 10.0 Å². The fourth-order valence-corrected chi connectivity index (χ4v) is 5.54. The number of rotatable bonds is 7. The van der Waals surface area contributed by atoms with E-state index in [9.17, 15) is 8.42 Å². The largest absolute Gasteiger partial charge is 0.465 e. The van der Waals surface area contributed by atoms with Crippen molar-refractivity contribution >= 4 is 21.8 Å². The molecule has 1 fully saturated rings. The highest BCUT2D eigenvalue weighted by atomic mass is 32.2. The monoisotopic (exact) mass is 332 g/mol. The molecule has 1 saturated heterocycles. The van der Waals surface area contributed by atoms with E-state index in [1.807, 2.05) is 6.92 Å². The van der Waals surface area contributed by atoms with Gasteiger partial charge in [0.25, 0.3) is 0 Å². The molecule has 2 N–H and O–H groups in total. The number of thioether (sulfide) groups is 1. The first-order chi connectivity index (χ1) is 9.95. The lowest BCUT2D eigenvalue weighted by Gasteiger charge is -2.13. The van der Waals surface area contributed by atoms with Gasteiger partial charge in [-0.3, -0.25) is 0 Å². The number of hydrogen-bond donors (Lipinski definition) is 2. The third-order valence-corrected chi connectivity index (χ3v) is 6.45. The van der Waals surface area contributed by atoms with Gasteiger partial charge in [0.05, 0.1) is 0 Å². The number of furan rings is 1. The highest BCUT2D eigenvalue weighted by molar-refractivity contribution is 7.99. The molecule has 1 atom stereocenters. The van der Waals surface area contributed by atoms with Crippen molar-refractivity contribution in [3.8, 4) is 0 Å². The SMILES string of the molecule is CCCNCc1c(C)oc(C)c1S(=O)(=O)NC1CCSC1. The van der Waals surface area contributed by atoms with E-state index in [1.165, 1.54) is 0 Å². The zero-order chi connectivity index (χ0) is 15.5. The molecule has 7 heteroatoms. The molecule has 120 valence electrons. The van der Waals surface area contributed by atoms with Crippen LogP contribution in [0.25, 0.3) is 0 Å². The molecule has 1 aromatic rings. The van der Waals surface area contributed by atoms with E-state index in [0.29, 0.717) is 23.0 Å². The fraction of sp³-hybridized carbons (Fsp3) is 0.714. The molecule has 0 saturated carbocycles. The van der Waals surface area contributed by atoms with Gasteiger partial charge in [0.15, 0.2) is 0 Å². The molecule has 1 aromatic heterocycles. The van der Waals surface area contributed by atoms with Crippen molar-refractivity contribution in [2.75, 3.05) is 18.1 Å². The maximum atomic E-state index is 12.7. The molecule has 5 nitrogen and oxygen atoms in total. The lowest BCUT2D eigenvalue weighted by molar-refractivity contribution is 0.492. The van der Waals surface area contributed by atoms with Crippen molar-refractivity contribution < 1.29 is 12.8 Å². The van der Waals surface area contributed by atoms with E-state index in [1.54, 1.807) is 18.7 Å². The van der Waals surface area contributed by atoms with Crippen molar-refractivity contribution in [2.45, 2.75) is 51.1 Å². The van der Waals surface area contributed by atoms with Crippen molar-refractivity contribution in [3.05, 3.63) is 17.1 Å². The Kier molecular flexibility index (Phi) is 5.76. The van der Waals surface area contributed by atoms with Crippen molar-refractivity contribution in [2.24, 2.45) is 0 Å². The molecule has 1 aliphatic heterocycles. The molecule has 0 bridgehead atoms. The first-order valence-electron chi connectivity index (χ1n) is 7.35. The van der Waals surface area contributed by atoms with Crippen LogP contribution in [0.2, 0.25) is 0 Å². The lowest BCUT2D eigenvalue weighted by atomic mass is 10.2. The van der Waals surface area contributed by atoms with Crippen LogP contribution in [0.3, 0.4) is 0 Å². The molecule has 1 aliphatic rings. The average Bonchev–Trinajstić information content (AvgIpc) is 2.98. The summed E-state index contributed by atoms with van der Waals surface area (Å²) >= 11 is 1.79. The number of sulfonamides is 1. The second kappa shape index (κ2) is 7.17. The second-order valence-corrected chi connectivity index (χ2v) is 8.18. The first kappa shape index (κ1) is 16.9. The van der Waals surface area contributed by atoms with Crippen LogP contribution in [0.15, 0.2) is 9.31 Å². The Balaban J connectivity index is 2.23. The zero-order valence-electron chi connectivity index (χ0n) is 12.9. The minimum Gasteiger partial charge on any atom is -0.465 e. The number of hydrogen-bond acceptors (Lipinski definition) is 5. The van der Waals surface area contributed by atoms with Crippen LogP contribution in [-0.4, -0.2) is 32.5 Å². The van der Waals surface area contributed by atoms with E-state index in [0.717, 1.165) is 36.5 Å². The van der Waals surface area contributed by atoms with Gasteiger partial charge in [-0.15, -0.1) is 0 Å². The first-order valence-corrected chi connectivity index (χ1v) is 9.99. The number of aryl methyl sites for hydroxylation is 2. The molecule has 1 unspecified atom stereocenters. The normalized spacial score (nSPS) is 19.3. The van der Waals surface area contributed by atoms with Crippen LogP contribution in [0.4, 0.5) is 0 Å². The molecule has 21 heavy (non-hydrogen) atoms. The average molecular weight is 332 g/mol.